The van der Waals surface area contributed by atoms with Crippen LogP contribution in [-0.2, 0) is 6.42 Å². The maximum atomic E-state index is 5.93. The second-order valence-electron chi connectivity index (χ2n) is 4.22. The zero-order valence-corrected chi connectivity index (χ0v) is 11.3. The summed E-state index contributed by atoms with van der Waals surface area (Å²) in [5.41, 5.74) is 0. The van der Waals surface area contributed by atoms with Gasteiger partial charge in [0.15, 0.2) is 0 Å². The molecule has 86 valence electrons. The van der Waals surface area contributed by atoms with Crippen molar-refractivity contribution in [1.29, 1.82) is 0 Å². The zero-order valence-electron chi connectivity index (χ0n) is 9.72. The highest BCUT2D eigenvalue weighted by Gasteiger charge is 2.14. The van der Waals surface area contributed by atoms with Crippen molar-refractivity contribution >= 4 is 22.9 Å². The molecular weight excluding hydrogens is 226 g/mol. The van der Waals surface area contributed by atoms with Crippen molar-refractivity contribution in [3.8, 4) is 0 Å². The predicted molar refractivity (Wildman–Crippen MR) is 69.9 cm³/mol. The number of rotatable bonds is 6. The van der Waals surface area contributed by atoms with Crippen molar-refractivity contribution in [2.75, 3.05) is 13.1 Å². The first-order valence-electron chi connectivity index (χ1n) is 5.58. The molecule has 0 spiro atoms. The van der Waals surface area contributed by atoms with Crippen molar-refractivity contribution < 1.29 is 0 Å². The third-order valence-electron chi connectivity index (χ3n) is 2.69. The fraction of sp³-hybridized carbons (Fsp3) is 0.667. The van der Waals surface area contributed by atoms with Crippen LogP contribution in [0.2, 0.25) is 4.34 Å². The molecule has 0 aliphatic carbocycles. The van der Waals surface area contributed by atoms with E-state index in [0.29, 0.717) is 11.8 Å². The molecule has 1 unspecified atom stereocenters. The molecule has 3 heteroatoms. The summed E-state index contributed by atoms with van der Waals surface area (Å²) in [4.78, 5) is 1.40. The molecule has 1 rings (SSSR count). The molecule has 0 aromatic carbocycles. The molecule has 0 aliphatic heterocycles. The molecule has 0 saturated heterocycles. The molecular formula is C12H20ClNS. The molecule has 0 aliphatic rings. The van der Waals surface area contributed by atoms with Crippen LogP contribution in [0.4, 0.5) is 0 Å². The minimum absolute atomic E-state index is 0.708. The summed E-state index contributed by atoms with van der Waals surface area (Å²) in [5, 5.41) is 3.43. The first kappa shape index (κ1) is 13.0. The summed E-state index contributed by atoms with van der Waals surface area (Å²) in [6.45, 7) is 8.88. The van der Waals surface area contributed by atoms with Gasteiger partial charge in [0.05, 0.1) is 4.34 Å². The Labute approximate surface area is 102 Å². The fourth-order valence-corrected chi connectivity index (χ4v) is 2.77. The Bertz CT molecular complexity index is 283. The van der Waals surface area contributed by atoms with Crippen LogP contribution in [0.5, 0.6) is 0 Å². The van der Waals surface area contributed by atoms with E-state index in [2.05, 4.69) is 32.2 Å². The highest BCUT2D eigenvalue weighted by Crippen LogP contribution is 2.25. The van der Waals surface area contributed by atoms with Gasteiger partial charge in [-0.2, -0.15) is 0 Å². The first-order valence-corrected chi connectivity index (χ1v) is 6.77. The van der Waals surface area contributed by atoms with Crippen LogP contribution < -0.4 is 5.32 Å². The predicted octanol–water partition coefficient (Wildman–Crippen LogP) is 3.83. The van der Waals surface area contributed by atoms with E-state index in [9.17, 15) is 0 Å². The maximum absolute atomic E-state index is 5.93. The number of hydrogen-bond donors (Lipinski definition) is 1. The highest BCUT2D eigenvalue weighted by molar-refractivity contribution is 7.16. The van der Waals surface area contributed by atoms with Crippen LogP contribution in [-0.4, -0.2) is 13.1 Å². The van der Waals surface area contributed by atoms with Gasteiger partial charge in [-0.15, -0.1) is 11.3 Å². The van der Waals surface area contributed by atoms with E-state index in [1.165, 1.54) is 4.88 Å². The summed E-state index contributed by atoms with van der Waals surface area (Å²) < 4.78 is 0.899. The van der Waals surface area contributed by atoms with Crippen molar-refractivity contribution in [1.82, 2.24) is 5.32 Å². The Balaban J connectivity index is 2.50. The van der Waals surface area contributed by atoms with E-state index in [1.54, 1.807) is 11.3 Å². The molecule has 0 bridgehead atoms. The number of nitrogens with one attached hydrogen (secondary N) is 1. The van der Waals surface area contributed by atoms with Gasteiger partial charge in [0.25, 0.3) is 0 Å². The Hall–Kier alpha value is -0.0500. The zero-order chi connectivity index (χ0) is 11.3. The van der Waals surface area contributed by atoms with Crippen LogP contribution in [0, 0.1) is 11.8 Å². The van der Waals surface area contributed by atoms with Crippen molar-refractivity contribution in [3.05, 3.63) is 21.3 Å². The van der Waals surface area contributed by atoms with E-state index in [4.69, 9.17) is 11.6 Å². The molecule has 0 radical (unpaired) electrons. The molecule has 15 heavy (non-hydrogen) atoms. The Morgan fingerprint density at radius 2 is 2.13 bits per heavy atom. The summed E-state index contributed by atoms with van der Waals surface area (Å²) in [6.07, 6.45) is 1.14. The molecule has 1 atom stereocenters. The average Bonchev–Trinajstić information content (AvgIpc) is 2.58. The minimum Gasteiger partial charge on any atom is -0.317 e. The monoisotopic (exact) mass is 245 g/mol. The Morgan fingerprint density at radius 3 is 2.60 bits per heavy atom. The second-order valence-corrected chi connectivity index (χ2v) is 6.02. The van der Waals surface area contributed by atoms with E-state index < -0.39 is 0 Å². The van der Waals surface area contributed by atoms with Gasteiger partial charge in [-0.3, -0.25) is 0 Å². The van der Waals surface area contributed by atoms with E-state index in [1.807, 2.05) is 6.07 Å². The SMILES string of the molecule is CCNCC(Cc1ccc(Cl)s1)C(C)C. The van der Waals surface area contributed by atoms with Gasteiger partial charge >= 0.3 is 0 Å². The van der Waals surface area contributed by atoms with Gasteiger partial charge in [-0.05, 0) is 43.5 Å². The van der Waals surface area contributed by atoms with Gasteiger partial charge in [-0.25, -0.2) is 0 Å². The summed E-state index contributed by atoms with van der Waals surface area (Å²) >= 11 is 7.64. The normalized spacial score (nSPS) is 13.4. The van der Waals surface area contributed by atoms with Crippen LogP contribution in [0.1, 0.15) is 25.6 Å². The van der Waals surface area contributed by atoms with Gasteiger partial charge in [0, 0.05) is 4.88 Å². The number of thiophene rings is 1. The van der Waals surface area contributed by atoms with Crippen molar-refractivity contribution in [3.63, 3.8) is 0 Å². The van der Waals surface area contributed by atoms with E-state index in [-0.39, 0.29) is 0 Å². The van der Waals surface area contributed by atoms with Crippen molar-refractivity contribution in [2.45, 2.75) is 27.2 Å². The van der Waals surface area contributed by atoms with Crippen LogP contribution >= 0.6 is 22.9 Å². The first-order chi connectivity index (χ1) is 7.13. The lowest BCUT2D eigenvalue weighted by Gasteiger charge is -2.20. The van der Waals surface area contributed by atoms with Gasteiger partial charge in [-0.1, -0.05) is 32.4 Å². The molecule has 0 fully saturated rings. The molecule has 1 aromatic heterocycles. The van der Waals surface area contributed by atoms with Crippen LogP contribution in [0.25, 0.3) is 0 Å². The largest absolute Gasteiger partial charge is 0.317 e. The third kappa shape index (κ3) is 4.54. The molecule has 0 saturated carbocycles. The maximum Gasteiger partial charge on any atom is 0.0931 e. The number of halogens is 1. The standard InChI is InChI=1S/C12H20ClNS/c1-4-14-8-10(9(2)3)7-11-5-6-12(13)15-11/h5-6,9-10,14H,4,7-8H2,1-3H3. The summed E-state index contributed by atoms with van der Waals surface area (Å²) in [7, 11) is 0. The smallest absolute Gasteiger partial charge is 0.0931 e. The second kappa shape index (κ2) is 6.51. The van der Waals surface area contributed by atoms with E-state index in [0.717, 1.165) is 23.8 Å². The van der Waals surface area contributed by atoms with Crippen LogP contribution in [0.3, 0.4) is 0 Å². The Kier molecular flexibility index (Phi) is 5.65. The molecule has 1 N–H and O–H groups in total. The highest BCUT2D eigenvalue weighted by atomic mass is 35.5. The third-order valence-corrected chi connectivity index (χ3v) is 3.95. The topological polar surface area (TPSA) is 12.0 Å². The lowest BCUT2D eigenvalue weighted by atomic mass is 9.92. The van der Waals surface area contributed by atoms with Gasteiger partial charge < -0.3 is 5.32 Å². The summed E-state index contributed by atoms with van der Waals surface area (Å²) in [5.74, 6) is 1.42. The lowest BCUT2D eigenvalue weighted by molar-refractivity contribution is 0.365. The summed E-state index contributed by atoms with van der Waals surface area (Å²) in [6, 6.07) is 4.14. The fourth-order valence-electron chi connectivity index (χ4n) is 1.59. The molecule has 1 aromatic rings. The van der Waals surface area contributed by atoms with E-state index >= 15 is 0 Å². The Morgan fingerprint density at radius 1 is 1.40 bits per heavy atom. The number of hydrogen-bond acceptors (Lipinski definition) is 2. The molecule has 1 heterocycles. The van der Waals surface area contributed by atoms with Gasteiger partial charge in [0.1, 0.15) is 0 Å². The molecule has 1 nitrogen and oxygen atoms in total. The van der Waals surface area contributed by atoms with Crippen molar-refractivity contribution in [2.24, 2.45) is 11.8 Å². The molecule has 0 amide bonds. The average molecular weight is 246 g/mol. The minimum atomic E-state index is 0.708. The van der Waals surface area contributed by atoms with Crippen LogP contribution in [0.15, 0.2) is 12.1 Å². The quantitative estimate of drug-likeness (QED) is 0.804. The lowest BCUT2D eigenvalue weighted by Crippen LogP contribution is -2.27. The van der Waals surface area contributed by atoms with Gasteiger partial charge in [0.2, 0.25) is 0 Å².